The molecule has 0 radical (unpaired) electrons. The van der Waals surface area contributed by atoms with Gasteiger partial charge in [0.2, 0.25) is 0 Å². The minimum absolute atomic E-state index is 0.642. The lowest BCUT2D eigenvalue weighted by Crippen LogP contribution is -2.04. The standard InChI is InChI=1S/C15H21N3O2/c1-19-7-6-18-11-15(10-17-18)16-9-13-4-3-5-14(8-13)12-20-2/h3-5,8,10-11,16H,6-7,9,12H2,1-2H3. The molecule has 0 saturated heterocycles. The maximum atomic E-state index is 5.14. The van der Waals surface area contributed by atoms with E-state index in [1.54, 1.807) is 14.2 Å². The lowest BCUT2D eigenvalue weighted by molar-refractivity contribution is 0.183. The van der Waals surface area contributed by atoms with Crippen LogP contribution in [0.5, 0.6) is 0 Å². The van der Waals surface area contributed by atoms with E-state index in [2.05, 4.69) is 28.6 Å². The fourth-order valence-corrected chi connectivity index (χ4v) is 1.96. The van der Waals surface area contributed by atoms with Gasteiger partial charge in [0.05, 0.1) is 31.6 Å². The number of anilines is 1. The largest absolute Gasteiger partial charge is 0.383 e. The maximum absolute atomic E-state index is 5.14. The summed E-state index contributed by atoms with van der Waals surface area (Å²) in [4.78, 5) is 0. The monoisotopic (exact) mass is 275 g/mol. The van der Waals surface area contributed by atoms with Gasteiger partial charge in [-0.3, -0.25) is 4.68 Å². The predicted molar refractivity (Wildman–Crippen MR) is 78.6 cm³/mol. The molecular weight excluding hydrogens is 254 g/mol. The molecule has 0 spiro atoms. The molecule has 2 rings (SSSR count). The van der Waals surface area contributed by atoms with Crippen molar-refractivity contribution in [3.05, 3.63) is 47.8 Å². The molecule has 0 fully saturated rings. The van der Waals surface area contributed by atoms with Crippen molar-refractivity contribution in [1.29, 1.82) is 0 Å². The Kier molecular flexibility index (Phi) is 5.58. The third kappa shape index (κ3) is 4.36. The highest BCUT2D eigenvalue weighted by Gasteiger charge is 2.00. The molecule has 0 atom stereocenters. The smallest absolute Gasteiger partial charge is 0.0729 e. The third-order valence-electron chi connectivity index (χ3n) is 2.96. The lowest BCUT2D eigenvalue weighted by atomic mass is 10.1. The van der Waals surface area contributed by atoms with E-state index in [9.17, 15) is 0 Å². The van der Waals surface area contributed by atoms with Crippen LogP contribution in [-0.2, 0) is 29.2 Å². The predicted octanol–water partition coefficient (Wildman–Crippen LogP) is 2.29. The minimum Gasteiger partial charge on any atom is -0.383 e. The number of rotatable bonds is 8. The van der Waals surface area contributed by atoms with Crippen LogP contribution in [-0.4, -0.2) is 30.6 Å². The summed E-state index contributed by atoms with van der Waals surface area (Å²) in [5.41, 5.74) is 3.42. The highest BCUT2D eigenvalue weighted by atomic mass is 16.5. The van der Waals surface area contributed by atoms with Crippen molar-refractivity contribution < 1.29 is 9.47 Å². The van der Waals surface area contributed by atoms with Crippen molar-refractivity contribution in [2.75, 3.05) is 26.1 Å². The highest BCUT2D eigenvalue weighted by Crippen LogP contribution is 2.10. The topological polar surface area (TPSA) is 48.3 Å². The van der Waals surface area contributed by atoms with E-state index in [1.165, 1.54) is 11.1 Å². The Balaban J connectivity index is 1.88. The maximum Gasteiger partial charge on any atom is 0.0729 e. The average Bonchev–Trinajstić information content (AvgIpc) is 2.92. The van der Waals surface area contributed by atoms with Gasteiger partial charge in [0.15, 0.2) is 0 Å². The molecule has 0 aliphatic carbocycles. The summed E-state index contributed by atoms with van der Waals surface area (Å²) >= 11 is 0. The van der Waals surface area contributed by atoms with Crippen LogP contribution in [0.2, 0.25) is 0 Å². The van der Waals surface area contributed by atoms with E-state index in [1.807, 2.05) is 23.1 Å². The van der Waals surface area contributed by atoms with Crippen LogP contribution in [0.25, 0.3) is 0 Å². The van der Waals surface area contributed by atoms with Crippen molar-refractivity contribution in [3.63, 3.8) is 0 Å². The number of hydrogen-bond donors (Lipinski definition) is 1. The summed E-state index contributed by atoms with van der Waals surface area (Å²) in [6, 6.07) is 8.36. The number of ether oxygens (including phenoxy) is 2. The van der Waals surface area contributed by atoms with Crippen LogP contribution in [0.15, 0.2) is 36.7 Å². The molecule has 1 heterocycles. The second-order valence-electron chi connectivity index (χ2n) is 4.59. The van der Waals surface area contributed by atoms with Crippen molar-refractivity contribution >= 4 is 5.69 Å². The van der Waals surface area contributed by atoms with Gasteiger partial charge >= 0.3 is 0 Å². The molecule has 20 heavy (non-hydrogen) atoms. The van der Waals surface area contributed by atoms with Gasteiger partial charge in [-0.25, -0.2) is 0 Å². The number of benzene rings is 1. The summed E-state index contributed by atoms with van der Waals surface area (Å²) in [6.07, 6.45) is 3.81. The van der Waals surface area contributed by atoms with E-state index in [4.69, 9.17) is 9.47 Å². The first kappa shape index (κ1) is 14.6. The first-order chi connectivity index (χ1) is 9.81. The Hall–Kier alpha value is -1.85. The van der Waals surface area contributed by atoms with Gasteiger partial charge in [0.1, 0.15) is 0 Å². The molecule has 0 saturated carbocycles. The fourth-order valence-electron chi connectivity index (χ4n) is 1.96. The van der Waals surface area contributed by atoms with Gasteiger partial charge in [-0.2, -0.15) is 5.10 Å². The van der Waals surface area contributed by atoms with Crippen LogP contribution in [0.4, 0.5) is 5.69 Å². The molecule has 0 aliphatic heterocycles. The normalized spacial score (nSPS) is 10.7. The van der Waals surface area contributed by atoms with E-state index < -0.39 is 0 Å². The van der Waals surface area contributed by atoms with E-state index in [0.717, 1.165) is 18.8 Å². The van der Waals surface area contributed by atoms with Crippen LogP contribution >= 0.6 is 0 Å². The molecule has 0 unspecified atom stereocenters. The van der Waals surface area contributed by atoms with Crippen LogP contribution in [0.1, 0.15) is 11.1 Å². The Labute approximate surface area is 119 Å². The molecule has 1 N–H and O–H groups in total. The quantitative estimate of drug-likeness (QED) is 0.803. The number of aromatic nitrogens is 2. The first-order valence-electron chi connectivity index (χ1n) is 6.64. The SMILES string of the molecule is COCCn1cc(NCc2cccc(COC)c2)cn1. The van der Waals surface area contributed by atoms with Crippen molar-refractivity contribution in [2.24, 2.45) is 0 Å². The van der Waals surface area contributed by atoms with E-state index in [0.29, 0.717) is 13.2 Å². The number of methoxy groups -OCH3 is 2. The first-order valence-corrected chi connectivity index (χ1v) is 6.64. The minimum atomic E-state index is 0.642. The molecule has 2 aromatic rings. The molecular formula is C15H21N3O2. The molecule has 0 aliphatic rings. The second kappa shape index (κ2) is 7.67. The molecule has 1 aromatic heterocycles. The van der Waals surface area contributed by atoms with Gasteiger partial charge in [-0.15, -0.1) is 0 Å². The third-order valence-corrected chi connectivity index (χ3v) is 2.96. The number of hydrogen-bond acceptors (Lipinski definition) is 4. The summed E-state index contributed by atoms with van der Waals surface area (Å²) < 4.78 is 12.0. The molecule has 0 bridgehead atoms. The molecule has 108 valence electrons. The summed E-state index contributed by atoms with van der Waals surface area (Å²) in [7, 11) is 3.40. The Morgan fingerprint density at radius 2 is 2.05 bits per heavy atom. The van der Waals surface area contributed by atoms with E-state index in [-0.39, 0.29) is 0 Å². The molecule has 1 aromatic carbocycles. The zero-order chi connectivity index (χ0) is 14.2. The van der Waals surface area contributed by atoms with Crippen LogP contribution < -0.4 is 5.32 Å². The van der Waals surface area contributed by atoms with E-state index >= 15 is 0 Å². The fraction of sp³-hybridized carbons (Fsp3) is 0.400. The average molecular weight is 275 g/mol. The van der Waals surface area contributed by atoms with Gasteiger partial charge in [0.25, 0.3) is 0 Å². The number of nitrogens with one attached hydrogen (secondary N) is 1. The van der Waals surface area contributed by atoms with Crippen LogP contribution in [0, 0.1) is 0 Å². The molecule has 5 heteroatoms. The molecule has 0 amide bonds. The van der Waals surface area contributed by atoms with Gasteiger partial charge in [-0.1, -0.05) is 24.3 Å². The van der Waals surface area contributed by atoms with Gasteiger partial charge in [-0.05, 0) is 11.1 Å². The van der Waals surface area contributed by atoms with Gasteiger partial charge < -0.3 is 14.8 Å². The highest BCUT2D eigenvalue weighted by molar-refractivity contribution is 5.39. The van der Waals surface area contributed by atoms with Gasteiger partial charge in [0, 0.05) is 27.0 Å². The number of nitrogens with zero attached hydrogens (tertiary/aromatic N) is 2. The summed E-state index contributed by atoms with van der Waals surface area (Å²) in [5.74, 6) is 0. The molecule has 5 nitrogen and oxygen atoms in total. The summed E-state index contributed by atoms with van der Waals surface area (Å²) in [5, 5.41) is 7.63. The summed E-state index contributed by atoms with van der Waals surface area (Å²) in [6.45, 7) is 2.85. The van der Waals surface area contributed by atoms with Crippen molar-refractivity contribution in [2.45, 2.75) is 19.7 Å². The van der Waals surface area contributed by atoms with Crippen molar-refractivity contribution in [3.8, 4) is 0 Å². The second-order valence-corrected chi connectivity index (χ2v) is 4.59. The Morgan fingerprint density at radius 3 is 2.85 bits per heavy atom. The van der Waals surface area contributed by atoms with Crippen molar-refractivity contribution in [1.82, 2.24) is 9.78 Å². The lowest BCUT2D eigenvalue weighted by Gasteiger charge is -2.06. The zero-order valence-corrected chi connectivity index (χ0v) is 12.0. The van der Waals surface area contributed by atoms with Crippen LogP contribution in [0.3, 0.4) is 0 Å². The Bertz CT molecular complexity index is 525. The Morgan fingerprint density at radius 1 is 1.20 bits per heavy atom. The zero-order valence-electron chi connectivity index (χ0n) is 12.0.